The molecule has 1 N–H and O–H groups in total. The second-order valence-electron chi connectivity index (χ2n) is 5.71. The Morgan fingerprint density at radius 1 is 0.905 bits per heavy atom. The molecule has 0 atom stereocenters. The SMILES string of the molecule is O=S(=O)(Cc1ccccc1)NCC1(c2ccccc2)CC1. The number of sulfonamides is 1. The average Bonchev–Trinajstić information content (AvgIpc) is 3.28. The Bertz CT molecular complexity index is 692. The first kappa shape index (κ1) is 14.3. The summed E-state index contributed by atoms with van der Waals surface area (Å²) in [6.45, 7) is 0.492. The third kappa shape index (κ3) is 3.52. The van der Waals surface area contributed by atoms with Gasteiger partial charge in [0.1, 0.15) is 0 Å². The molecule has 1 aliphatic carbocycles. The van der Waals surface area contributed by atoms with Gasteiger partial charge in [-0.2, -0.15) is 0 Å². The molecule has 3 nitrogen and oxygen atoms in total. The molecule has 0 aromatic heterocycles. The summed E-state index contributed by atoms with van der Waals surface area (Å²) in [6, 6.07) is 19.4. The van der Waals surface area contributed by atoms with Gasteiger partial charge in [0.15, 0.2) is 0 Å². The largest absolute Gasteiger partial charge is 0.215 e. The molecule has 21 heavy (non-hydrogen) atoms. The van der Waals surface area contributed by atoms with Gasteiger partial charge in [-0.3, -0.25) is 0 Å². The molecular formula is C17H19NO2S. The van der Waals surface area contributed by atoms with Crippen LogP contribution in [0.5, 0.6) is 0 Å². The average molecular weight is 301 g/mol. The summed E-state index contributed by atoms with van der Waals surface area (Å²) in [5.74, 6) is 0.0404. The molecule has 0 amide bonds. The molecule has 0 aliphatic heterocycles. The second-order valence-corrected chi connectivity index (χ2v) is 7.52. The van der Waals surface area contributed by atoms with Crippen LogP contribution < -0.4 is 4.72 Å². The topological polar surface area (TPSA) is 46.2 Å². The molecule has 3 rings (SSSR count). The molecule has 0 radical (unpaired) electrons. The lowest BCUT2D eigenvalue weighted by atomic mass is 9.96. The smallest absolute Gasteiger partial charge is 0.214 e. The summed E-state index contributed by atoms with van der Waals surface area (Å²) in [5, 5.41) is 0. The third-order valence-corrected chi connectivity index (χ3v) is 5.37. The Morgan fingerprint density at radius 3 is 2.05 bits per heavy atom. The van der Waals surface area contributed by atoms with Gasteiger partial charge in [-0.1, -0.05) is 60.7 Å². The van der Waals surface area contributed by atoms with Crippen LogP contribution in [0.1, 0.15) is 24.0 Å². The van der Waals surface area contributed by atoms with Crippen molar-refractivity contribution in [3.05, 3.63) is 71.8 Å². The van der Waals surface area contributed by atoms with Crippen molar-refractivity contribution in [2.75, 3.05) is 6.54 Å². The quantitative estimate of drug-likeness (QED) is 0.892. The normalized spacial score (nSPS) is 16.6. The number of nitrogens with one attached hydrogen (secondary N) is 1. The highest BCUT2D eigenvalue weighted by molar-refractivity contribution is 7.88. The zero-order chi connectivity index (χ0) is 14.8. The predicted octanol–water partition coefficient (Wildman–Crippen LogP) is 2.84. The Morgan fingerprint density at radius 2 is 1.48 bits per heavy atom. The van der Waals surface area contributed by atoms with Gasteiger partial charge in [-0.15, -0.1) is 0 Å². The Kier molecular flexibility index (Phi) is 3.83. The second kappa shape index (κ2) is 5.62. The van der Waals surface area contributed by atoms with E-state index in [1.807, 2.05) is 48.5 Å². The van der Waals surface area contributed by atoms with Gasteiger partial charge < -0.3 is 0 Å². The first-order valence-corrected chi connectivity index (χ1v) is 8.82. The molecule has 0 spiro atoms. The van der Waals surface area contributed by atoms with Crippen LogP contribution in [-0.2, 0) is 21.2 Å². The lowest BCUT2D eigenvalue weighted by molar-refractivity contribution is 0.566. The van der Waals surface area contributed by atoms with Crippen LogP contribution in [0.4, 0.5) is 0 Å². The van der Waals surface area contributed by atoms with Crippen LogP contribution in [0.2, 0.25) is 0 Å². The maximum atomic E-state index is 12.2. The fraction of sp³-hybridized carbons (Fsp3) is 0.294. The molecule has 110 valence electrons. The minimum Gasteiger partial charge on any atom is -0.214 e. The van der Waals surface area contributed by atoms with E-state index >= 15 is 0 Å². The van der Waals surface area contributed by atoms with Gasteiger partial charge in [-0.25, -0.2) is 13.1 Å². The zero-order valence-electron chi connectivity index (χ0n) is 11.8. The lowest BCUT2D eigenvalue weighted by Gasteiger charge is -2.16. The van der Waals surface area contributed by atoms with Gasteiger partial charge in [0.05, 0.1) is 5.75 Å². The van der Waals surface area contributed by atoms with Crippen molar-refractivity contribution in [3.8, 4) is 0 Å². The van der Waals surface area contributed by atoms with Gasteiger partial charge in [0.25, 0.3) is 0 Å². The van der Waals surface area contributed by atoms with E-state index in [2.05, 4.69) is 16.9 Å². The van der Waals surface area contributed by atoms with Crippen molar-refractivity contribution in [2.24, 2.45) is 0 Å². The van der Waals surface area contributed by atoms with Crippen LogP contribution in [-0.4, -0.2) is 15.0 Å². The zero-order valence-corrected chi connectivity index (χ0v) is 12.6. The number of hydrogen-bond donors (Lipinski definition) is 1. The third-order valence-electron chi connectivity index (χ3n) is 4.07. The van der Waals surface area contributed by atoms with Crippen molar-refractivity contribution < 1.29 is 8.42 Å². The molecular weight excluding hydrogens is 282 g/mol. The van der Waals surface area contributed by atoms with Crippen LogP contribution in [0.3, 0.4) is 0 Å². The lowest BCUT2D eigenvalue weighted by Crippen LogP contribution is -2.33. The van der Waals surface area contributed by atoms with Crippen molar-refractivity contribution in [1.82, 2.24) is 4.72 Å². The highest BCUT2D eigenvalue weighted by Gasteiger charge is 2.44. The summed E-state index contributed by atoms with van der Waals surface area (Å²) in [4.78, 5) is 0. The molecule has 0 bridgehead atoms. The van der Waals surface area contributed by atoms with Crippen molar-refractivity contribution >= 4 is 10.0 Å². The van der Waals surface area contributed by atoms with Crippen molar-refractivity contribution in [1.29, 1.82) is 0 Å². The minimum atomic E-state index is -3.29. The number of rotatable bonds is 6. The summed E-state index contributed by atoms with van der Waals surface area (Å²) < 4.78 is 27.2. The molecule has 0 saturated heterocycles. The van der Waals surface area contributed by atoms with E-state index in [1.54, 1.807) is 0 Å². The minimum absolute atomic E-state index is 0.00498. The standard InChI is InChI=1S/C17H19NO2S/c19-21(20,13-15-7-3-1-4-8-15)18-14-17(11-12-17)16-9-5-2-6-10-16/h1-10,18H,11-14H2. The van der Waals surface area contributed by atoms with Crippen LogP contribution >= 0.6 is 0 Å². The van der Waals surface area contributed by atoms with E-state index < -0.39 is 10.0 Å². The predicted molar refractivity (Wildman–Crippen MR) is 84.4 cm³/mol. The fourth-order valence-corrected chi connectivity index (χ4v) is 3.83. The number of hydrogen-bond acceptors (Lipinski definition) is 2. The van der Waals surface area contributed by atoms with Crippen LogP contribution in [0.25, 0.3) is 0 Å². The van der Waals surface area contributed by atoms with Crippen molar-refractivity contribution in [3.63, 3.8) is 0 Å². The van der Waals surface area contributed by atoms with Gasteiger partial charge in [0.2, 0.25) is 10.0 Å². The molecule has 2 aromatic rings. The maximum Gasteiger partial charge on any atom is 0.215 e. The molecule has 0 heterocycles. The van der Waals surface area contributed by atoms with Crippen LogP contribution in [0.15, 0.2) is 60.7 Å². The van der Waals surface area contributed by atoms with E-state index in [1.165, 1.54) is 5.56 Å². The Balaban J connectivity index is 1.65. The van der Waals surface area contributed by atoms with Crippen LogP contribution in [0, 0.1) is 0 Å². The Labute approximate surface area is 126 Å². The summed E-state index contributed by atoms with van der Waals surface area (Å²) >= 11 is 0. The van der Waals surface area contributed by atoms with E-state index in [0.717, 1.165) is 18.4 Å². The summed E-state index contributed by atoms with van der Waals surface area (Å²) in [5.41, 5.74) is 2.05. The highest BCUT2D eigenvalue weighted by atomic mass is 32.2. The molecule has 0 unspecified atom stereocenters. The molecule has 2 aromatic carbocycles. The molecule has 1 aliphatic rings. The first-order valence-electron chi connectivity index (χ1n) is 7.17. The molecule has 1 saturated carbocycles. The monoisotopic (exact) mass is 301 g/mol. The van der Waals surface area contributed by atoms with E-state index in [-0.39, 0.29) is 11.2 Å². The molecule has 1 fully saturated rings. The van der Waals surface area contributed by atoms with E-state index in [0.29, 0.717) is 6.54 Å². The van der Waals surface area contributed by atoms with Gasteiger partial charge in [0, 0.05) is 12.0 Å². The first-order chi connectivity index (χ1) is 10.1. The van der Waals surface area contributed by atoms with E-state index in [9.17, 15) is 8.42 Å². The molecule has 4 heteroatoms. The van der Waals surface area contributed by atoms with Crippen molar-refractivity contribution in [2.45, 2.75) is 24.0 Å². The van der Waals surface area contributed by atoms with Gasteiger partial charge in [-0.05, 0) is 24.0 Å². The number of benzene rings is 2. The Hall–Kier alpha value is -1.65. The summed E-state index contributed by atoms with van der Waals surface area (Å²) in [6.07, 6.45) is 2.09. The maximum absolute atomic E-state index is 12.2. The van der Waals surface area contributed by atoms with E-state index in [4.69, 9.17) is 0 Å². The fourth-order valence-electron chi connectivity index (χ4n) is 2.60. The summed E-state index contributed by atoms with van der Waals surface area (Å²) in [7, 11) is -3.29. The highest BCUT2D eigenvalue weighted by Crippen LogP contribution is 2.47. The van der Waals surface area contributed by atoms with Gasteiger partial charge >= 0.3 is 0 Å².